The van der Waals surface area contributed by atoms with E-state index in [2.05, 4.69) is 19.9 Å². The Morgan fingerprint density at radius 1 is 0.636 bits per heavy atom. The van der Waals surface area contributed by atoms with Crippen LogP contribution in [0.5, 0.6) is 23.8 Å². The number of ether oxygens (including phenoxy) is 4. The summed E-state index contributed by atoms with van der Waals surface area (Å²) in [6, 6.07) is 3.88. The van der Waals surface area contributed by atoms with E-state index in [1.54, 1.807) is 12.1 Å². The molecule has 0 unspecified atom stereocenters. The molecule has 8 nitrogen and oxygen atoms in total. The number of rotatable bonds is 7. The molecular weight excluding hydrogens is 328 g/mol. The Bertz CT molecular complexity index is 545. The summed E-state index contributed by atoms with van der Waals surface area (Å²) in [6.45, 7) is 0. The van der Waals surface area contributed by atoms with Crippen LogP contribution < -0.4 is 18.9 Å². The Labute approximate surface area is 135 Å². The second-order valence-electron chi connectivity index (χ2n) is 3.64. The summed E-state index contributed by atoms with van der Waals surface area (Å²) in [6.07, 6.45) is 0. The number of hydrogen-bond acceptors (Lipinski definition) is 10. The van der Waals surface area contributed by atoms with Gasteiger partial charge in [-0.3, -0.25) is 0 Å². The third kappa shape index (κ3) is 4.28. The van der Waals surface area contributed by atoms with Gasteiger partial charge in [0.2, 0.25) is 11.8 Å². The van der Waals surface area contributed by atoms with Gasteiger partial charge >= 0.3 is 12.0 Å². The van der Waals surface area contributed by atoms with E-state index >= 15 is 0 Å². The lowest BCUT2D eigenvalue weighted by atomic mass is 10.6. The van der Waals surface area contributed by atoms with Gasteiger partial charge in [0.05, 0.1) is 28.4 Å². The summed E-state index contributed by atoms with van der Waals surface area (Å²) >= 11 is 0. The van der Waals surface area contributed by atoms with E-state index in [9.17, 15) is 0 Å². The van der Waals surface area contributed by atoms with E-state index in [0.29, 0.717) is 21.8 Å². The van der Waals surface area contributed by atoms with E-state index in [0.717, 1.165) is 0 Å². The third-order valence-corrected chi connectivity index (χ3v) is 4.43. The minimum absolute atomic E-state index is 0.236. The molecule has 22 heavy (non-hydrogen) atoms. The Morgan fingerprint density at radius 3 is 1.36 bits per heavy atom. The molecular formula is C12H14N4O4S2. The lowest BCUT2D eigenvalue weighted by Crippen LogP contribution is -1.97. The highest BCUT2D eigenvalue weighted by atomic mass is 33.1. The first-order chi connectivity index (χ1) is 10.7. The van der Waals surface area contributed by atoms with Crippen LogP contribution in [0.4, 0.5) is 0 Å². The minimum atomic E-state index is 0.236. The normalized spacial score (nSPS) is 10.2. The molecule has 0 radical (unpaired) electrons. The molecule has 118 valence electrons. The summed E-state index contributed by atoms with van der Waals surface area (Å²) in [5.74, 6) is 0.848. The predicted octanol–water partition coefficient (Wildman–Crippen LogP) is 2.10. The van der Waals surface area contributed by atoms with Gasteiger partial charge in [0.25, 0.3) is 0 Å². The van der Waals surface area contributed by atoms with Crippen molar-refractivity contribution >= 4 is 21.6 Å². The van der Waals surface area contributed by atoms with Gasteiger partial charge in [0.1, 0.15) is 10.1 Å². The maximum absolute atomic E-state index is 5.10. The summed E-state index contributed by atoms with van der Waals surface area (Å²) in [4.78, 5) is 16.5. The molecule has 0 aliphatic heterocycles. The van der Waals surface area contributed by atoms with Crippen LogP contribution in [0.25, 0.3) is 0 Å². The molecule has 0 saturated carbocycles. The topological polar surface area (TPSA) is 88.5 Å². The van der Waals surface area contributed by atoms with Gasteiger partial charge in [-0.15, -0.1) is 0 Å². The zero-order valence-electron chi connectivity index (χ0n) is 12.4. The van der Waals surface area contributed by atoms with E-state index in [1.165, 1.54) is 50.0 Å². The highest BCUT2D eigenvalue weighted by molar-refractivity contribution is 8.76. The Hall–Kier alpha value is -1.94. The van der Waals surface area contributed by atoms with Crippen molar-refractivity contribution < 1.29 is 18.9 Å². The van der Waals surface area contributed by atoms with Gasteiger partial charge < -0.3 is 18.9 Å². The van der Waals surface area contributed by atoms with Gasteiger partial charge in [0, 0.05) is 12.1 Å². The molecule has 2 heterocycles. The SMILES string of the molecule is COc1cc(SSc2cc(OC)nc(OC)n2)nc(OC)n1. The first-order valence-corrected chi connectivity index (χ1v) is 8.12. The average Bonchev–Trinajstić information content (AvgIpc) is 2.59. The largest absolute Gasteiger partial charge is 0.481 e. The van der Waals surface area contributed by atoms with Crippen LogP contribution in [-0.2, 0) is 0 Å². The van der Waals surface area contributed by atoms with Gasteiger partial charge in [-0.05, 0) is 21.6 Å². The molecule has 0 atom stereocenters. The highest BCUT2D eigenvalue weighted by Crippen LogP contribution is 2.38. The number of methoxy groups -OCH3 is 4. The predicted molar refractivity (Wildman–Crippen MR) is 82.0 cm³/mol. The zero-order valence-corrected chi connectivity index (χ0v) is 14.0. The fourth-order valence-corrected chi connectivity index (χ4v) is 3.05. The molecule has 10 heteroatoms. The highest BCUT2D eigenvalue weighted by Gasteiger charge is 2.10. The summed E-state index contributed by atoms with van der Waals surface area (Å²) < 4.78 is 20.3. The van der Waals surface area contributed by atoms with Gasteiger partial charge in [0.15, 0.2) is 0 Å². The van der Waals surface area contributed by atoms with Gasteiger partial charge in [-0.1, -0.05) is 0 Å². The average molecular weight is 342 g/mol. The van der Waals surface area contributed by atoms with Gasteiger partial charge in [-0.2, -0.15) is 19.9 Å². The molecule has 0 fully saturated rings. The molecule has 0 aliphatic carbocycles. The van der Waals surface area contributed by atoms with E-state index in [1.807, 2.05) is 0 Å². The summed E-state index contributed by atoms with van der Waals surface area (Å²) in [5, 5.41) is 1.34. The Morgan fingerprint density at radius 2 is 1.05 bits per heavy atom. The molecule has 0 aromatic carbocycles. The maximum atomic E-state index is 5.10. The second-order valence-corrected chi connectivity index (χ2v) is 5.81. The van der Waals surface area contributed by atoms with Crippen LogP contribution in [-0.4, -0.2) is 48.4 Å². The molecule has 0 N–H and O–H groups in total. The van der Waals surface area contributed by atoms with Crippen LogP contribution in [0, 0.1) is 0 Å². The molecule has 0 bridgehead atoms. The van der Waals surface area contributed by atoms with Gasteiger partial charge in [-0.25, -0.2) is 0 Å². The number of hydrogen-bond donors (Lipinski definition) is 0. The number of nitrogens with zero attached hydrogens (tertiary/aromatic N) is 4. The molecule has 0 saturated heterocycles. The van der Waals surface area contributed by atoms with Crippen LogP contribution >= 0.6 is 21.6 Å². The van der Waals surface area contributed by atoms with Crippen molar-refractivity contribution in [3.63, 3.8) is 0 Å². The van der Waals surface area contributed by atoms with Crippen molar-refractivity contribution in [1.29, 1.82) is 0 Å². The van der Waals surface area contributed by atoms with Crippen LogP contribution in [0.1, 0.15) is 0 Å². The number of aromatic nitrogens is 4. The van der Waals surface area contributed by atoms with E-state index in [-0.39, 0.29) is 12.0 Å². The van der Waals surface area contributed by atoms with Crippen LogP contribution in [0.3, 0.4) is 0 Å². The second kappa shape index (κ2) is 7.90. The van der Waals surface area contributed by atoms with Crippen molar-refractivity contribution in [3.05, 3.63) is 12.1 Å². The fourth-order valence-electron chi connectivity index (χ4n) is 1.33. The first-order valence-electron chi connectivity index (χ1n) is 5.97. The minimum Gasteiger partial charge on any atom is -0.481 e. The molecule has 0 aliphatic rings. The monoisotopic (exact) mass is 342 g/mol. The molecule has 2 rings (SSSR count). The molecule has 2 aromatic rings. The van der Waals surface area contributed by atoms with Crippen molar-refractivity contribution in [2.24, 2.45) is 0 Å². The summed E-state index contributed by atoms with van der Waals surface area (Å²) in [7, 11) is 8.81. The smallest absolute Gasteiger partial charge is 0.320 e. The van der Waals surface area contributed by atoms with Crippen molar-refractivity contribution in [2.45, 2.75) is 10.1 Å². The first kappa shape index (κ1) is 16.4. The molecule has 0 amide bonds. The Balaban J connectivity index is 2.15. The standard InChI is InChI=1S/C12H14N4O4S2/c1-17-7-5-9(15-11(13-7)19-3)21-22-10-6-8(18-2)14-12(16-10)20-4/h5-6H,1-4H3. The fraction of sp³-hybridized carbons (Fsp3) is 0.333. The third-order valence-electron chi connectivity index (χ3n) is 2.31. The van der Waals surface area contributed by atoms with Crippen molar-refractivity contribution in [2.75, 3.05) is 28.4 Å². The lowest BCUT2D eigenvalue weighted by molar-refractivity contribution is 0.347. The van der Waals surface area contributed by atoms with E-state index < -0.39 is 0 Å². The van der Waals surface area contributed by atoms with Crippen molar-refractivity contribution in [3.8, 4) is 23.8 Å². The zero-order chi connectivity index (χ0) is 15.9. The van der Waals surface area contributed by atoms with Crippen LogP contribution in [0.2, 0.25) is 0 Å². The van der Waals surface area contributed by atoms with Crippen molar-refractivity contribution in [1.82, 2.24) is 19.9 Å². The molecule has 2 aromatic heterocycles. The lowest BCUT2D eigenvalue weighted by Gasteiger charge is -2.07. The quantitative estimate of drug-likeness (QED) is 0.550. The Kier molecular flexibility index (Phi) is 5.90. The van der Waals surface area contributed by atoms with Crippen LogP contribution in [0.15, 0.2) is 22.2 Å². The summed E-state index contributed by atoms with van der Waals surface area (Å²) in [5.41, 5.74) is 0. The van der Waals surface area contributed by atoms with E-state index in [4.69, 9.17) is 18.9 Å². The maximum Gasteiger partial charge on any atom is 0.320 e. The molecule has 0 spiro atoms.